The van der Waals surface area contributed by atoms with Crippen LogP contribution in [0, 0.1) is 0 Å². The Morgan fingerprint density at radius 3 is 2.38 bits per heavy atom. The van der Waals surface area contributed by atoms with Crippen LogP contribution < -0.4 is 20.1 Å². The van der Waals surface area contributed by atoms with Crippen LogP contribution in [0.5, 0.6) is 17.2 Å². The standard InChI is InChI=1S/C17H18N2O5/c1-23-14-8-4-5-9-15(14)24-11-10-18-16(21)17(22)19-12-6-2-3-7-13(12)20/h2-9,20H,10-11H2,1H3,(H,18,21)(H,19,22). The minimum absolute atomic E-state index is 0.113. The van der Waals surface area contributed by atoms with Gasteiger partial charge in [0.05, 0.1) is 19.3 Å². The Bertz CT molecular complexity index is 718. The van der Waals surface area contributed by atoms with Crippen LogP contribution in [0.15, 0.2) is 48.5 Å². The van der Waals surface area contributed by atoms with E-state index < -0.39 is 11.8 Å². The van der Waals surface area contributed by atoms with Crippen LogP contribution in [0.25, 0.3) is 0 Å². The largest absolute Gasteiger partial charge is 0.506 e. The molecule has 7 heteroatoms. The predicted octanol–water partition coefficient (Wildman–Crippen LogP) is 1.53. The van der Waals surface area contributed by atoms with Crippen molar-refractivity contribution in [2.75, 3.05) is 25.6 Å². The zero-order valence-corrected chi connectivity index (χ0v) is 13.1. The van der Waals surface area contributed by atoms with Gasteiger partial charge in [0.25, 0.3) is 0 Å². The summed E-state index contributed by atoms with van der Waals surface area (Å²) in [5.41, 5.74) is 0.169. The smallest absolute Gasteiger partial charge is 0.313 e. The van der Waals surface area contributed by atoms with E-state index in [1.807, 2.05) is 6.07 Å². The number of ether oxygens (including phenoxy) is 2. The Kier molecular flexibility index (Phi) is 6.01. The lowest BCUT2D eigenvalue weighted by Crippen LogP contribution is -2.37. The highest BCUT2D eigenvalue weighted by atomic mass is 16.5. The third-order valence-corrected chi connectivity index (χ3v) is 3.07. The first-order chi connectivity index (χ1) is 11.6. The second-order valence-corrected chi connectivity index (χ2v) is 4.73. The van der Waals surface area contributed by atoms with Crippen LogP contribution in [-0.2, 0) is 9.59 Å². The molecule has 0 unspecified atom stereocenters. The summed E-state index contributed by atoms with van der Waals surface area (Å²) in [6.07, 6.45) is 0. The summed E-state index contributed by atoms with van der Waals surface area (Å²) in [4.78, 5) is 23.4. The average molecular weight is 330 g/mol. The maximum Gasteiger partial charge on any atom is 0.313 e. The van der Waals surface area contributed by atoms with Crippen LogP contribution in [0.4, 0.5) is 5.69 Å². The van der Waals surface area contributed by atoms with Crippen molar-refractivity contribution in [2.45, 2.75) is 0 Å². The molecule has 0 aromatic heterocycles. The van der Waals surface area contributed by atoms with Crippen LogP contribution in [0.2, 0.25) is 0 Å². The normalized spacial score (nSPS) is 9.88. The summed E-state index contributed by atoms with van der Waals surface area (Å²) in [7, 11) is 1.54. The first kappa shape index (κ1) is 17.1. The minimum atomic E-state index is -0.867. The first-order valence-corrected chi connectivity index (χ1v) is 7.25. The van der Waals surface area contributed by atoms with Gasteiger partial charge < -0.3 is 25.2 Å². The number of carbonyl (C=O) groups excluding carboxylic acids is 2. The number of amides is 2. The monoisotopic (exact) mass is 330 g/mol. The van der Waals surface area contributed by atoms with Gasteiger partial charge in [-0.3, -0.25) is 9.59 Å². The molecule has 7 nitrogen and oxygen atoms in total. The number of carbonyl (C=O) groups is 2. The highest BCUT2D eigenvalue weighted by Gasteiger charge is 2.14. The number of methoxy groups -OCH3 is 1. The maximum atomic E-state index is 11.7. The van der Waals surface area contributed by atoms with Gasteiger partial charge in [-0.2, -0.15) is 0 Å². The molecule has 0 radical (unpaired) electrons. The van der Waals surface area contributed by atoms with Gasteiger partial charge in [0, 0.05) is 0 Å². The summed E-state index contributed by atoms with van der Waals surface area (Å²) < 4.78 is 10.6. The van der Waals surface area contributed by atoms with Crippen molar-refractivity contribution in [2.24, 2.45) is 0 Å². The fourth-order valence-corrected chi connectivity index (χ4v) is 1.90. The van der Waals surface area contributed by atoms with Gasteiger partial charge >= 0.3 is 11.8 Å². The molecule has 0 spiro atoms. The van der Waals surface area contributed by atoms with Crippen LogP contribution in [0.1, 0.15) is 0 Å². The summed E-state index contributed by atoms with van der Waals surface area (Å²) in [6.45, 7) is 0.320. The summed E-state index contributed by atoms with van der Waals surface area (Å²) in [5.74, 6) is -0.664. The number of aromatic hydroxyl groups is 1. The lowest BCUT2D eigenvalue weighted by molar-refractivity contribution is -0.136. The minimum Gasteiger partial charge on any atom is -0.506 e. The summed E-state index contributed by atoms with van der Waals surface area (Å²) >= 11 is 0. The van der Waals surface area contributed by atoms with Gasteiger partial charge in [0.2, 0.25) is 0 Å². The summed E-state index contributed by atoms with van der Waals surface area (Å²) in [5, 5.41) is 14.3. The number of phenolic OH excluding ortho intramolecular Hbond substituents is 1. The zero-order chi connectivity index (χ0) is 17.4. The zero-order valence-electron chi connectivity index (χ0n) is 13.1. The third-order valence-electron chi connectivity index (χ3n) is 3.07. The van der Waals surface area contributed by atoms with Gasteiger partial charge in [-0.25, -0.2) is 0 Å². The highest BCUT2D eigenvalue weighted by molar-refractivity contribution is 6.39. The SMILES string of the molecule is COc1ccccc1OCCNC(=O)C(=O)Nc1ccccc1O. The van der Waals surface area contributed by atoms with Crippen molar-refractivity contribution in [3.8, 4) is 17.2 Å². The van der Waals surface area contributed by atoms with Crippen LogP contribution in [0.3, 0.4) is 0 Å². The van der Waals surface area contributed by atoms with Gasteiger partial charge in [0.1, 0.15) is 12.4 Å². The molecule has 0 aliphatic carbocycles. The summed E-state index contributed by atoms with van der Waals surface area (Å²) in [6, 6.07) is 13.3. The molecule has 0 atom stereocenters. The van der Waals surface area contributed by atoms with E-state index in [2.05, 4.69) is 10.6 Å². The lowest BCUT2D eigenvalue weighted by atomic mass is 10.3. The first-order valence-electron chi connectivity index (χ1n) is 7.25. The number of para-hydroxylation sites is 4. The molecule has 0 aliphatic heterocycles. The van der Waals surface area contributed by atoms with Gasteiger partial charge in [-0.05, 0) is 24.3 Å². The molecule has 0 saturated heterocycles. The molecule has 2 aromatic rings. The quantitative estimate of drug-likeness (QED) is 0.424. The number of phenols is 1. The van der Waals surface area contributed by atoms with E-state index in [9.17, 15) is 14.7 Å². The molecular formula is C17H18N2O5. The number of rotatable bonds is 6. The van der Waals surface area contributed by atoms with E-state index in [0.717, 1.165) is 0 Å². The predicted molar refractivity (Wildman–Crippen MR) is 88.2 cm³/mol. The molecule has 0 saturated carbocycles. The van der Waals surface area contributed by atoms with Gasteiger partial charge in [0.15, 0.2) is 11.5 Å². The number of anilines is 1. The molecule has 3 N–H and O–H groups in total. The third kappa shape index (κ3) is 4.64. The Morgan fingerprint density at radius 2 is 1.67 bits per heavy atom. The molecule has 0 heterocycles. The van der Waals surface area contributed by atoms with Crippen molar-refractivity contribution in [1.82, 2.24) is 5.32 Å². The molecule has 0 bridgehead atoms. The molecule has 0 aliphatic rings. The fourth-order valence-electron chi connectivity index (χ4n) is 1.90. The molecular weight excluding hydrogens is 312 g/mol. The van der Waals surface area contributed by atoms with E-state index in [1.165, 1.54) is 19.2 Å². The van der Waals surface area contributed by atoms with Crippen molar-refractivity contribution < 1.29 is 24.2 Å². The van der Waals surface area contributed by atoms with Crippen LogP contribution in [-0.4, -0.2) is 37.2 Å². The Balaban J connectivity index is 1.77. The van der Waals surface area contributed by atoms with Crippen molar-refractivity contribution in [3.63, 3.8) is 0 Å². The molecule has 2 amide bonds. The van der Waals surface area contributed by atoms with Crippen molar-refractivity contribution >= 4 is 17.5 Å². The van der Waals surface area contributed by atoms with Crippen molar-refractivity contribution in [1.29, 1.82) is 0 Å². The number of hydrogen-bond acceptors (Lipinski definition) is 5. The molecule has 126 valence electrons. The molecule has 2 aromatic carbocycles. The Morgan fingerprint density at radius 1 is 1.00 bits per heavy atom. The number of benzene rings is 2. The molecule has 24 heavy (non-hydrogen) atoms. The topological polar surface area (TPSA) is 96.9 Å². The fraction of sp³-hybridized carbons (Fsp3) is 0.176. The molecule has 0 fully saturated rings. The second-order valence-electron chi connectivity index (χ2n) is 4.73. The van der Waals surface area contributed by atoms with E-state index in [0.29, 0.717) is 11.5 Å². The highest BCUT2D eigenvalue weighted by Crippen LogP contribution is 2.25. The maximum absolute atomic E-state index is 11.7. The van der Waals surface area contributed by atoms with E-state index in [4.69, 9.17) is 9.47 Å². The van der Waals surface area contributed by atoms with Gasteiger partial charge in [-0.15, -0.1) is 0 Å². The Labute approximate surface area is 139 Å². The second kappa shape index (κ2) is 8.42. The van der Waals surface area contributed by atoms with E-state index in [-0.39, 0.29) is 24.6 Å². The molecule has 2 rings (SSSR count). The van der Waals surface area contributed by atoms with Gasteiger partial charge in [-0.1, -0.05) is 24.3 Å². The number of nitrogens with one attached hydrogen (secondary N) is 2. The Hall–Kier alpha value is -3.22. The van der Waals surface area contributed by atoms with E-state index in [1.54, 1.807) is 30.3 Å². The average Bonchev–Trinajstić information content (AvgIpc) is 2.60. The number of hydrogen-bond donors (Lipinski definition) is 3. The van der Waals surface area contributed by atoms with Crippen LogP contribution >= 0.6 is 0 Å². The lowest BCUT2D eigenvalue weighted by Gasteiger charge is -2.11. The van der Waals surface area contributed by atoms with Crippen molar-refractivity contribution in [3.05, 3.63) is 48.5 Å². The van der Waals surface area contributed by atoms with E-state index >= 15 is 0 Å².